The van der Waals surface area contributed by atoms with Crippen molar-refractivity contribution in [2.24, 2.45) is 5.41 Å². The monoisotopic (exact) mass is 217 g/mol. The van der Waals surface area contributed by atoms with Gasteiger partial charge in [-0.15, -0.1) is 0 Å². The molecular formula is C11H23NOS. The largest absolute Gasteiger partial charge is 0.385 e. The van der Waals surface area contributed by atoms with Crippen molar-refractivity contribution in [2.75, 3.05) is 39.6 Å². The van der Waals surface area contributed by atoms with Crippen molar-refractivity contribution in [3.05, 3.63) is 0 Å². The zero-order valence-corrected chi connectivity index (χ0v) is 10.4. The Morgan fingerprint density at radius 3 is 2.57 bits per heavy atom. The summed E-state index contributed by atoms with van der Waals surface area (Å²) < 4.78 is 5.05. The fourth-order valence-corrected chi connectivity index (χ4v) is 2.59. The van der Waals surface area contributed by atoms with E-state index in [1.807, 2.05) is 0 Å². The van der Waals surface area contributed by atoms with Crippen molar-refractivity contribution < 1.29 is 4.74 Å². The third-order valence-electron chi connectivity index (χ3n) is 3.24. The van der Waals surface area contributed by atoms with Gasteiger partial charge in [-0.25, -0.2) is 0 Å². The van der Waals surface area contributed by atoms with Gasteiger partial charge in [-0.1, -0.05) is 6.42 Å². The van der Waals surface area contributed by atoms with Crippen molar-refractivity contribution in [1.29, 1.82) is 0 Å². The minimum absolute atomic E-state index is 0.533. The molecule has 0 heterocycles. The molecule has 1 fully saturated rings. The van der Waals surface area contributed by atoms with Crippen LogP contribution in [-0.2, 0) is 4.74 Å². The number of nitrogens with zero attached hydrogens (tertiary/aromatic N) is 1. The second-order valence-electron chi connectivity index (χ2n) is 4.60. The van der Waals surface area contributed by atoms with E-state index in [2.05, 4.69) is 24.6 Å². The molecule has 0 atom stereocenters. The highest BCUT2D eigenvalue weighted by atomic mass is 32.1. The van der Waals surface area contributed by atoms with E-state index in [4.69, 9.17) is 4.74 Å². The molecule has 2 nitrogen and oxygen atoms in total. The van der Waals surface area contributed by atoms with E-state index in [1.165, 1.54) is 25.8 Å². The Balaban J connectivity index is 2.15. The highest BCUT2D eigenvalue weighted by Gasteiger charge is 2.36. The van der Waals surface area contributed by atoms with Crippen LogP contribution < -0.4 is 0 Å². The third-order valence-corrected chi connectivity index (χ3v) is 3.91. The molecule has 3 heteroatoms. The molecule has 1 aliphatic carbocycles. The Morgan fingerprint density at radius 2 is 2.14 bits per heavy atom. The van der Waals surface area contributed by atoms with E-state index >= 15 is 0 Å². The van der Waals surface area contributed by atoms with Crippen LogP contribution in [-0.4, -0.2) is 44.5 Å². The van der Waals surface area contributed by atoms with Crippen molar-refractivity contribution in [3.63, 3.8) is 0 Å². The molecule has 0 aromatic carbocycles. The van der Waals surface area contributed by atoms with Crippen LogP contribution in [0.2, 0.25) is 0 Å². The molecule has 0 spiro atoms. The van der Waals surface area contributed by atoms with Gasteiger partial charge in [-0.2, -0.15) is 12.6 Å². The summed E-state index contributed by atoms with van der Waals surface area (Å²) in [6.07, 6.45) is 5.26. The maximum Gasteiger partial charge on any atom is 0.0474 e. The van der Waals surface area contributed by atoms with Gasteiger partial charge in [-0.05, 0) is 37.5 Å². The molecular weight excluding hydrogens is 194 g/mol. The average molecular weight is 217 g/mol. The number of thiol groups is 1. The standard InChI is InChI=1S/C11H23NOS/c1-12(7-4-8-13-2)9-11(10-14)5-3-6-11/h14H,3-10H2,1-2H3. The number of hydrogen-bond acceptors (Lipinski definition) is 3. The fourth-order valence-electron chi connectivity index (χ4n) is 2.17. The molecule has 0 bridgehead atoms. The van der Waals surface area contributed by atoms with E-state index in [-0.39, 0.29) is 0 Å². The number of ether oxygens (including phenoxy) is 1. The Hall–Kier alpha value is 0.270. The van der Waals surface area contributed by atoms with Gasteiger partial charge in [0.2, 0.25) is 0 Å². The lowest BCUT2D eigenvalue weighted by Crippen LogP contribution is -2.42. The van der Waals surface area contributed by atoms with Crippen molar-refractivity contribution >= 4 is 12.6 Å². The first kappa shape index (κ1) is 12.3. The predicted octanol–water partition coefficient (Wildman–Crippen LogP) is 2.05. The van der Waals surface area contributed by atoms with Gasteiger partial charge in [0.15, 0.2) is 0 Å². The second kappa shape index (κ2) is 5.99. The van der Waals surface area contributed by atoms with Crippen LogP contribution in [0.1, 0.15) is 25.7 Å². The van der Waals surface area contributed by atoms with Crippen molar-refractivity contribution in [1.82, 2.24) is 4.90 Å². The van der Waals surface area contributed by atoms with Crippen LogP contribution in [0, 0.1) is 5.41 Å². The second-order valence-corrected chi connectivity index (χ2v) is 4.91. The van der Waals surface area contributed by atoms with Crippen LogP contribution in [0.4, 0.5) is 0 Å². The molecule has 0 aromatic heterocycles. The van der Waals surface area contributed by atoms with Gasteiger partial charge in [0, 0.05) is 26.8 Å². The van der Waals surface area contributed by atoms with Crippen LogP contribution in [0.5, 0.6) is 0 Å². The lowest BCUT2D eigenvalue weighted by atomic mass is 9.70. The summed E-state index contributed by atoms with van der Waals surface area (Å²) in [7, 11) is 3.97. The van der Waals surface area contributed by atoms with Gasteiger partial charge in [0.05, 0.1) is 0 Å². The van der Waals surface area contributed by atoms with E-state index in [0.717, 1.165) is 25.3 Å². The Kier molecular flexibility index (Phi) is 5.28. The molecule has 0 unspecified atom stereocenters. The van der Waals surface area contributed by atoms with Crippen LogP contribution in [0.15, 0.2) is 0 Å². The zero-order chi connectivity index (χ0) is 10.4. The topological polar surface area (TPSA) is 12.5 Å². The normalized spacial score (nSPS) is 19.7. The minimum atomic E-state index is 0.533. The maximum absolute atomic E-state index is 5.05. The smallest absolute Gasteiger partial charge is 0.0474 e. The highest BCUT2D eigenvalue weighted by molar-refractivity contribution is 7.80. The van der Waals surface area contributed by atoms with Crippen LogP contribution in [0.25, 0.3) is 0 Å². The lowest BCUT2D eigenvalue weighted by Gasteiger charge is -2.43. The molecule has 84 valence electrons. The lowest BCUT2D eigenvalue weighted by molar-refractivity contribution is 0.0973. The van der Waals surface area contributed by atoms with Gasteiger partial charge < -0.3 is 9.64 Å². The number of rotatable bonds is 7. The quantitative estimate of drug-likeness (QED) is 0.517. The van der Waals surface area contributed by atoms with Crippen molar-refractivity contribution in [3.8, 4) is 0 Å². The third kappa shape index (κ3) is 3.44. The molecule has 0 N–H and O–H groups in total. The first-order valence-corrected chi connectivity index (χ1v) is 6.14. The summed E-state index contributed by atoms with van der Waals surface area (Å²) in [5.74, 6) is 1.04. The molecule has 0 aliphatic heterocycles. The highest BCUT2D eigenvalue weighted by Crippen LogP contribution is 2.42. The summed E-state index contributed by atoms with van der Waals surface area (Å²) in [5, 5.41) is 0. The van der Waals surface area contributed by atoms with Crippen LogP contribution >= 0.6 is 12.6 Å². The molecule has 0 amide bonds. The van der Waals surface area contributed by atoms with E-state index < -0.39 is 0 Å². The molecule has 0 aromatic rings. The molecule has 1 aliphatic rings. The molecule has 0 saturated heterocycles. The summed E-state index contributed by atoms with van der Waals surface area (Å²) in [4.78, 5) is 2.42. The number of methoxy groups -OCH3 is 1. The molecule has 1 rings (SSSR count). The first-order valence-electron chi connectivity index (χ1n) is 5.51. The summed E-state index contributed by atoms with van der Waals surface area (Å²) >= 11 is 4.47. The van der Waals surface area contributed by atoms with E-state index in [1.54, 1.807) is 7.11 Å². The Morgan fingerprint density at radius 1 is 1.43 bits per heavy atom. The van der Waals surface area contributed by atoms with Crippen LogP contribution in [0.3, 0.4) is 0 Å². The SMILES string of the molecule is COCCCN(C)CC1(CS)CCC1. The minimum Gasteiger partial charge on any atom is -0.385 e. The Bertz CT molecular complexity index is 154. The van der Waals surface area contributed by atoms with Crippen molar-refractivity contribution in [2.45, 2.75) is 25.7 Å². The maximum atomic E-state index is 5.05. The predicted molar refractivity (Wildman–Crippen MR) is 64.1 cm³/mol. The van der Waals surface area contributed by atoms with Gasteiger partial charge >= 0.3 is 0 Å². The van der Waals surface area contributed by atoms with E-state index in [0.29, 0.717) is 5.41 Å². The summed E-state index contributed by atoms with van der Waals surface area (Å²) in [5.41, 5.74) is 0.533. The number of hydrogen-bond donors (Lipinski definition) is 1. The molecule has 0 radical (unpaired) electrons. The van der Waals surface area contributed by atoms with Gasteiger partial charge in [-0.3, -0.25) is 0 Å². The zero-order valence-electron chi connectivity index (χ0n) is 9.46. The molecule has 14 heavy (non-hydrogen) atoms. The van der Waals surface area contributed by atoms with Gasteiger partial charge in [0.1, 0.15) is 0 Å². The van der Waals surface area contributed by atoms with E-state index in [9.17, 15) is 0 Å². The fraction of sp³-hybridized carbons (Fsp3) is 1.00. The first-order chi connectivity index (χ1) is 6.72. The molecule has 1 saturated carbocycles. The summed E-state index contributed by atoms with van der Waals surface area (Å²) in [6, 6.07) is 0. The Labute approximate surface area is 93.4 Å². The average Bonchev–Trinajstić information content (AvgIpc) is 2.12. The summed E-state index contributed by atoms with van der Waals surface area (Å²) in [6.45, 7) is 3.22. The van der Waals surface area contributed by atoms with Gasteiger partial charge in [0.25, 0.3) is 0 Å².